The van der Waals surface area contributed by atoms with Crippen molar-refractivity contribution in [3.63, 3.8) is 0 Å². The van der Waals surface area contributed by atoms with Gasteiger partial charge in [0, 0.05) is 22.8 Å². The molecule has 0 amide bonds. The maximum Gasteiger partial charge on any atom is 0.337 e. The van der Waals surface area contributed by atoms with E-state index in [0.29, 0.717) is 34.6 Å². The van der Waals surface area contributed by atoms with Gasteiger partial charge in [0.05, 0.1) is 22.2 Å². The number of carboxylic acid groups (broad SMARTS) is 1. The number of carboxylic acids is 1. The molecule has 4 nitrogen and oxygen atoms in total. The second kappa shape index (κ2) is 7.77. The van der Waals surface area contributed by atoms with Crippen LogP contribution in [0.3, 0.4) is 0 Å². The van der Waals surface area contributed by atoms with Crippen molar-refractivity contribution in [3.8, 4) is 5.75 Å². The maximum absolute atomic E-state index is 11.1. The summed E-state index contributed by atoms with van der Waals surface area (Å²) in [5.41, 5.74) is 1.42. The zero-order valence-corrected chi connectivity index (χ0v) is 14.5. The molecule has 7 heteroatoms. The van der Waals surface area contributed by atoms with Crippen molar-refractivity contribution >= 4 is 46.5 Å². The molecule has 23 heavy (non-hydrogen) atoms. The van der Waals surface area contributed by atoms with Crippen molar-refractivity contribution in [2.24, 2.45) is 0 Å². The predicted molar refractivity (Wildman–Crippen MR) is 93.4 cm³/mol. The van der Waals surface area contributed by atoms with E-state index in [9.17, 15) is 4.79 Å². The molecule has 0 spiro atoms. The first-order chi connectivity index (χ1) is 10.9. The van der Waals surface area contributed by atoms with Crippen LogP contribution >= 0.6 is 34.8 Å². The lowest BCUT2D eigenvalue weighted by Gasteiger charge is -2.14. The summed E-state index contributed by atoms with van der Waals surface area (Å²) in [5, 5.41) is 13.3. The lowest BCUT2D eigenvalue weighted by Crippen LogP contribution is -2.05. The number of aromatic carboxylic acids is 1. The van der Waals surface area contributed by atoms with Gasteiger partial charge in [-0.3, -0.25) is 0 Å². The topological polar surface area (TPSA) is 58.6 Å². The summed E-state index contributed by atoms with van der Waals surface area (Å²) in [6.45, 7) is 2.70. The van der Waals surface area contributed by atoms with E-state index in [-0.39, 0.29) is 10.6 Å². The summed E-state index contributed by atoms with van der Waals surface area (Å²) in [4.78, 5) is 11.1. The minimum atomic E-state index is -1.08. The summed E-state index contributed by atoms with van der Waals surface area (Å²) < 4.78 is 5.55. The molecule has 0 aliphatic carbocycles. The Morgan fingerprint density at radius 3 is 2.57 bits per heavy atom. The molecule has 0 unspecified atom stereocenters. The predicted octanol–water partition coefficient (Wildman–Crippen LogP) is 5.36. The van der Waals surface area contributed by atoms with Crippen LogP contribution in [-0.4, -0.2) is 17.7 Å². The van der Waals surface area contributed by atoms with Gasteiger partial charge in [0.25, 0.3) is 0 Å². The van der Waals surface area contributed by atoms with E-state index in [2.05, 4.69) is 5.32 Å². The van der Waals surface area contributed by atoms with Crippen LogP contribution < -0.4 is 10.1 Å². The number of rotatable bonds is 6. The molecule has 0 radical (unpaired) electrons. The Kier molecular flexibility index (Phi) is 5.99. The first-order valence-corrected chi connectivity index (χ1v) is 7.93. The summed E-state index contributed by atoms with van der Waals surface area (Å²) in [6, 6.07) is 8.06. The Hall–Kier alpha value is -1.62. The third-order valence-corrected chi connectivity index (χ3v) is 3.88. The quantitative estimate of drug-likeness (QED) is 0.715. The molecule has 122 valence electrons. The van der Waals surface area contributed by atoms with Crippen molar-refractivity contribution in [2.75, 3.05) is 11.9 Å². The fraction of sp³-hybridized carbons (Fsp3) is 0.188. The van der Waals surface area contributed by atoms with Crippen molar-refractivity contribution < 1.29 is 14.6 Å². The molecular weight excluding hydrogens is 361 g/mol. The van der Waals surface area contributed by atoms with Crippen LogP contribution in [-0.2, 0) is 6.54 Å². The van der Waals surface area contributed by atoms with Crippen LogP contribution in [0, 0.1) is 0 Å². The molecule has 2 rings (SSSR count). The van der Waals surface area contributed by atoms with E-state index in [4.69, 9.17) is 44.6 Å². The van der Waals surface area contributed by atoms with Gasteiger partial charge in [-0.05, 0) is 37.3 Å². The van der Waals surface area contributed by atoms with Crippen LogP contribution in [0.4, 0.5) is 5.69 Å². The summed E-state index contributed by atoms with van der Waals surface area (Å²) in [5.74, 6) is -0.530. The second-order valence-electron chi connectivity index (χ2n) is 4.66. The van der Waals surface area contributed by atoms with E-state index in [0.717, 1.165) is 5.56 Å². The van der Waals surface area contributed by atoms with Gasteiger partial charge in [-0.1, -0.05) is 34.8 Å². The summed E-state index contributed by atoms with van der Waals surface area (Å²) >= 11 is 18.0. The third kappa shape index (κ3) is 4.44. The molecule has 0 aliphatic heterocycles. The molecule has 0 bridgehead atoms. The molecule has 0 aliphatic rings. The highest BCUT2D eigenvalue weighted by Crippen LogP contribution is 2.33. The fourth-order valence-electron chi connectivity index (χ4n) is 2.05. The number of benzene rings is 2. The van der Waals surface area contributed by atoms with Crippen LogP contribution in [0.1, 0.15) is 22.8 Å². The Morgan fingerprint density at radius 2 is 1.91 bits per heavy atom. The van der Waals surface area contributed by atoms with Gasteiger partial charge >= 0.3 is 5.97 Å². The molecule has 0 atom stereocenters. The number of hydrogen-bond donors (Lipinski definition) is 2. The average Bonchev–Trinajstić information content (AvgIpc) is 2.49. The van der Waals surface area contributed by atoms with E-state index in [1.165, 1.54) is 12.1 Å². The second-order valence-corrected chi connectivity index (χ2v) is 5.91. The van der Waals surface area contributed by atoms with E-state index in [1.807, 2.05) is 6.92 Å². The van der Waals surface area contributed by atoms with Crippen molar-refractivity contribution in [1.82, 2.24) is 0 Å². The van der Waals surface area contributed by atoms with Gasteiger partial charge in [-0.15, -0.1) is 0 Å². The number of anilines is 1. The molecular formula is C16H14Cl3NO3. The highest BCUT2D eigenvalue weighted by molar-refractivity contribution is 6.35. The number of hydrogen-bond acceptors (Lipinski definition) is 3. The molecule has 2 aromatic rings. The number of ether oxygens (including phenoxy) is 1. The highest BCUT2D eigenvalue weighted by atomic mass is 35.5. The van der Waals surface area contributed by atoms with Crippen LogP contribution in [0.15, 0.2) is 30.3 Å². The number of carbonyl (C=O) groups is 1. The van der Waals surface area contributed by atoms with Crippen molar-refractivity contribution in [3.05, 3.63) is 56.5 Å². The zero-order valence-electron chi connectivity index (χ0n) is 12.2. The first-order valence-electron chi connectivity index (χ1n) is 6.79. The summed E-state index contributed by atoms with van der Waals surface area (Å²) in [7, 11) is 0. The smallest absolute Gasteiger partial charge is 0.337 e. The SMILES string of the molecule is CCOc1c(Cl)cc(Cl)cc1CNc1ccc(Cl)c(C(=O)O)c1. The number of halogens is 3. The Bertz CT molecular complexity index is 735. The Balaban J connectivity index is 2.24. The molecule has 2 aromatic carbocycles. The molecule has 0 heterocycles. The van der Waals surface area contributed by atoms with Gasteiger partial charge in [-0.2, -0.15) is 0 Å². The molecule has 0 fully saturated rings. The number of nitrogens with one attached hydrogen (secondary N) is 1. The van der Waals surface area contributed by atoms with Crippen LogP contribution in [0.2, 0.25) is 15.1 Å². The minimum Gasteiger partial charge on any atom is -0.492 e. The lowest BCUT2D eigenvalue weighted by molar-refractivity contribution is 0.0697. The largest absolute Gasteiger partial charge is 0.492 e. The van der Waals surface area contributed by atoms with Gasteiger partial charge < -0.3 is 15.2 Å². The molecule has 2 N–H and O–H groups in total. The van der Waals surface area contributed by atoms with Gasteiger partial charge in [0.15, 0.2) is 0 Å². The van der Waals surface area contributed by atoms with Crippen molar-refractivity contribution in [1.29, 1.82) is 0 Å². The van der Waals surface area contributed by atoms with E-state index >= 15 is 0 Å². The van der Waals surface area contributed by atoms with Crippen molar-refractivity contribution in [2.45, 2.75) is 13.5 Å². The minimum absolute atomic E-state index is 0.0332. The molecule has 0 saturated heterocycles. The maximum atomic E-state index is 11.1. The van der Waals surface area contributed by atoms with Gasteiger partial charge in [0.2, 0.25) is 0 Å². The standard InChI is InChI=1S/C16H14Cl3NO3/c1-2-23-15-9(5-10(17)6-14(15)19)8-20-11-3-4-13(18)12(7-11)16(21)22/h3-7,20H,2,8H2,1H3,(H,21,22). The fourth-order valence-corrected chi connectivity index (χ4v) is 2.84. The lowest BCUT2D eigenvalue weighted by atomic mass is 10.1. The molecule has 0 saturated carbocycles. The molecule has 0 aromatic heterocycles. The monoisotopic (exact) mass is 373 g/mol. The zero-order chi connectivity index (χ0) is 17.0. The summed E-state index contributed by atoms with van der Waals surface area (Å²) in [6.07, 6.45) is 0. The van der Waals surface area contributed by atoms with E-state index < -0.39 is 5.97 Å². The first kappa shape index (κ1) is 17.7. The normalized spacial score (nSPS) is 10.4. The van der Waals surface area contributed by atoms with Crippen LogP contribution in [0.25, 0.3) is 0 Å². The Labute approximate surface area is 148 Å². The van der Waals surface area contributed by atoms with Crippen LogP contribution in [0.5, 0.6) is 5.75 Å². The van der Waals surface area contributed by atoms with Gasteiger partial charge in [0.1, 0.15) is 5.75 Å². The van der Waals surface area contributed by atoms with Gasteiger partial charge in [-0.25, -0.2) is 4.79 Å². The average molecular weight is 375 g/mol. The highest BCUT2D eigenvalue weighted by Gasteiger charge is 2.12. The Morgan fingerprint density at radius 1 is 1.17 bits per heavy atom. The third-order valence-electron chi connectivity index (χ3n) is 3.05. The van der Waals surface area contributed by atoms with E-state index in [1.54, 1.807) is 18.2 Å².